The van der Waals surface area contributed by atoms with Crippen molar-refractivity contribution in [2.75, 3.05) is 6.54 Å². The number of rotatable bonds is 3. The maximum absolute atomic E-state index is 11.6. The van der Waals surface area contributed by atoms with Crippen LogP contribution in [0.5, 0.6) is 0 Å². The third kappa shape index (κ3) is 1.71. The van der Waals surface area contributed by atoms with Gasteiger partial charge in [-0.15, -0.1) is 0 Å². The fraction of sp³-hybridized carbons (Fsp3) is 0.500. The molecule has 0 aliphatic carbocycles. The number of nitrogens with zero attached hydrogens (tertiary/aromatic N) is 3. The first-order valence-corrected chi connectivity index (χ1v) is 5.32. The van der Waals surface area contributed by atoms with Gasteiger partial charge in [0.1, 0.15) is 5.82 Å². The molecule has 0 saturated carbocycles. The SMILES string of the molecule is CCC(CN)c1nc2nc(C)cc(=O)n2[nH]1. The lowest BCUT2D eigenvalue weighted by Gasteiger charge is -2.06. The number of nitrogens with two attached hydrogens (primary N) is 1. The van der Waals surface area contributed by atoms with Crippen LogP contribution >= 0.6 is 0 Å². The smallest absolute Gasteiger partial charge is 0.274 e. The zero-order valence-electron chi connectivity index (χ0n) is 9.40. The molecule has 2 heterocycles. The Balaban J connectivity index is 2.59. The van der Waals surface area contributed by atoms with E-state index in [2.05, 4.69) is 15.1 Å². The molecule has 1 atom stereocenters. The summed E-state index contributed by atoms with van der Waals surface area (Å²) in [5.74, 6) is 1.27. The molecular formula is C10H15N5O. The summed E-state index contributed by atoms with van der Waals surface area (Å²) in [7, 11) is 0. The van der Waals surface area contributed by atoms with Crippen LogP contribution in [-0.2, 0) is 0 Å². The van der Waals surface area contributed by atoms with Crippen LogP contribution in [0.15, 0.2) is 10.9 Å². The number of hydrogen-bond donors (Lipinski definition) is 2. The van der Waals surface area contributed by atoms with Crippen LogP contribution in [0.3, 0.4) is 0 Å². The molecule has 2 aromatic heterocycles. The Kier molecular flexibility index (Phi) is 2.74. The second kappa shape index (κ2) is 4.05. The Bertz CT molecular complexity index is 552. The maximum Gasteiger partial charge on any atom is 0.274 e. The first kappa shape index (κ1) is 10.8. The van der Waals surface area contributed by atoms with Crippen molar-refractivity contribution < 1.29 is 0 Å². The molecule has 0 fully saturated rings. The molecule has 6 heteroatoms. The highest BCUT2D eigenvalue weighted by atomic mass is 16.1. The molecule has 0 radical (unpaired) electrons. The highest BCUT2D eigenvalue weighted by Gasteiger charge is 2.13. The molecule has 0 aromatic carbocycles. The van der Waals surface area contributed by atoms with E-state index < -0.39 is 0 Å². The van der Waals surface area contributed by atoms with Crippen LogP contribution in [0.1, 0.15) is 30.8 Å². The molecular weight excluding hydrogens is 206 g/mol. The minimum atomic E-state index is -0.145. The fourth-order valence-electron chi connectivity index (χ4n) is 1.66. The van der Waals surface area contributed by atoms with E-state index in [0.717, 1.165) is 12.2 Å². The molecule has 0 aliphatic rings. The van der Waals surface area contributed by atoms with E-state index in [1.165, 1.54) is 10.6 Å². The van der Waals surface area contributed by atoms with Crippen molar-refractivity contribution >= 4 is 5.78 Å². The molecule has 0 aliphatic heterocycles. The van der Waals surface area contributed by atoms with Crippen molar-refractivity contribution in [1.82, 2.24) is 19.6 Å². The Labute approximate surface area is 92.5 Å². The van der Waals surface area contributed by atoms with Gasteiger partial charge in [-0.3, -0.25) is 9.89 Å². The zero-order valence-corrected chi connectivity index (χ0v) is 9.40. The van der Waals surface area contributed by atoms with Gasteiger partial charge >= 0.3 is 0 Å². The van der Waals surface area contributed by atoms with Gasteiger partial charge in [0.15, 0.2) is 0 Å². The largest absolute Gasteiger partial charge is 0.330 e. The van der Waals surface area contributed by atoms with Crippen molar-refractivity contribution in [2.24, 2.45) is 5.73 Å². The van der Waals surface area contributed by atoms with E-state index >= 15 is 0 Å². The number of aromatic nitrogens is 4. The minimum absolute atomic E-state index is 0.140. The van der Waals surface area contributed by atoms with Crippen molar-refractivity contribution in [3.05, 3.63) is 27.9 Å². The van der Waals surface area contributed by atoms with Gasteiger partial charge in [-0.25, -0.2) is 4.98 Å². The second-order valence-electron chi connectivity index (χ2n) is 3.82. The lowest BCUT2D eigenvalue weighted by molar-refractivity contribution is 0.628. The molecule has 86 valence electrons. The molecule has 0 spiro atoms. The summed E-state index contributed by atoms with van der Waals surface area (Å²) in [4.78, 5) is 20.1. The lowest BCUT2D eigenvalue weighted by Crippen LogP contribution is -2.16. The van der Waals surface area contributed by atoms with E-state index in [0.29, 0.717) is 18.0 Å². The van der Waals surface area contributed by atoms with Crippen LogP contribution in [0, 0.1) is 6.92 Å². The summed E-state index contributed by atoms with van der Waals surface area (Å²) in [6.07, 6.45) is 0.879. The second-order valence-corrected chi connectivity index (χ2v) is 3.82. The Morgan fingerprint density at radius 3 is 2.94 bits per heavy atom. The number of hydrogen-bond acceptors (Lipinski definition) is 4. The predicted molar refractivity (Wildman–Crippen MR) is 60.4 cm³/mol. The van der Waals surface area contributed by atoms with Crippen LogP contribution in [0.25, 0.3) is 5.78 Å². The summed E-state index contributed by atoms with van der Waals surface area (Å²) in [5.41, 5.74) is 6.16. The summed E-state index contributed by atoms with van der Waals surface area (Å²) in [5, 5.41) is 2.94. The third-order valence-electron chi connectivity index (χ3n) is 2.64. The van der Waals surface area contributed by atoms with E-state index in [9.17, 15) is 4.79 Å². The Morgan fingerprint density at radius 1 is 1.56 bits per heavy atom. The van der Waals surface area contributed by atoms with E-state index in [-0.39, 0.29) is 11.5 Å². The minimum Gasteiger partial charge on any atom is -0.330 e. The normalized spacial score (nSPS) is 13.2. The first-order valence-electron chi connectivity index (χ1n) is 5.32. The lowest BCUT2D eigenvalue weighted by atomic mass is 10.1. The number of nitrogens with one attached hydrogen (secondary N) is 1. The first-order chi connectivity index (χ1) is 7.65. The van der Waals surface area contributed by atoms with Crippen molar-refractivity contribution in [1.29, 1.82) is 0 Å². The maximum atomic E-state index is 11.6. The average molecular weight is 221 g/mol. The van der Waals surface area contributed by atoms with E-state index in [4.69, 9.17) is 5.73 Å². The predicted octanol–water partition coefficient (Wildman–Crippen LogP) is 0.178. The molecule has 1 unspecified atom stereocenters. The van der Waals surface area contributed by atoms with Gasteiger partial charge in [-0.2, -0.15) is 9.50 Å². The zero-order chi connectivity index (χ0) is 11.7. The fourth-order valence-corrected chi connectivity index (χ4v) is 1.66. The number of aromatic amines is 1. The topological polar surface area (TPSA) is 89.1 Å². The number of fused-ring (bicyclic) bond motifs is 1. The van der Waals surface area contributed by atoms with Crippen molar-refractivity contribution in [3.8, 4) is 0 Å². The molecule has 0 bridgehead atoms. The quantitative estimate of drug-likeness (QED) is 0.773. The Morgan fingerprint density at radius 2 is 2.31 bits per heavy atom. The summed E-state index contributed by atoms with van der Waals surface area (Å²) in [6.45, 7) is 4.31. The highest BCUT2D eigenvalue weighted by molar-refractivity contribution is 5.28. The molecule has 0 amide bonds. The molecule has 2 rings (SSSR count). The third-order valence-corrected chi connectivity index (χ3v) is 2.64. The highest BCUT2D eigenvalue weighted by Crippen LogP contribution is 2.13. The van der Waals surface area contributed by atoms with Crippen molar-refractivity contribution in [2.45, 2.75) is 26.2 Å². The van der Waals surface area contributed by atoms with E-state index in [1.807, 2.05) is 6.92 Å². The average Bonchev–Trinajstić information content (AvgIpc) is 2.63. The number of H-pyrrole nitrogens is 1. The van der Waals surface area contributed by atoms with Crippen LogP contribution in [-0.4, -0.2) is 26.1 Å². The van der Waals surface area contributed by atoms with Gasteiger partial charge < -0.3 is 5.73 Å². The van der Waals surface area contributed by atoms with Gasteiger partial charge in [0.25, 0.3) is 11.3 Å². The van der Waals surface area contributed by atoms with Gasteiger partial charge in [0.05, 0.1) is 0 Å². The molecule has 0 saturated heterocycles. The molecule has 3 N–H and O–H groups in total. The monoisotopic (exact) mass is 221 g/mol. The Hall–Kier alpha value is -1.69. The summed E-state index contributed by atoms with van der Waals surface area (Å²) < 4.78 is 1.35. The summed E-state index contributed by atoms with van der Waals surface area (Å²) in [6, 6.07) is 1.47. The van der Waals surface area contributed by atoms with Gasteiger partial charge in [0, 0.05) is 24.2 Å². The molecule has 16 heavy (non-hydrogen) atoms. The van der Waals surface area contributed by atoms with Crippen LogP contribution in [0.2, 0.25) is 0 Å². The summed E-state index contributed by atoms with van der Waals surface area (Å²) >= 11 is 0. The van der Waals surface area contributed by atoms with Gasteiger partial charge in [-0.1, -0.05) is 6.92 Å². The standard InChI is InChI=1S/C10H15N5O/c1-3-7(5-11)9-13-10-12-6(2)4-8(16)15(10)14-9/h4,7H,3,5,11H2,1-2H3,(H,12,13,14). The van der Waals surface area contributed by atoms with Crippen LogP contribution < -0.4 is 11.3 Å². The van der Waals surface area contributed by atoms with Crippen molar-refractivity contribution in [3.63, 3.8) is 0 Å². The van der Waals surface area contributed by atoms with Crippen LogP contribution in [0.4, 0.5) is 0 Å². The number of aryl methyl sites for hydroxylation is 1. The molecule has 2 aromatic rings. The van der Waals surface area contributed by atoms with Gasteiger partial charge in [-0.05, 0) is 13.3 Å². The van der Waals surface area contributed by atoms with E-state index in [1.54, 1.807) is 6.92 Å². The molecule has 6 nitrogen and oxygen atoms in total. The van der Waals surface area contributed by atoms with Gasteiger partial charge in [0.2, 0.25) is 0 Å².